The van der Waals surface area contributed by atoms with Gasteiger partial charge in [0, 0.05) is 12.3 Å². The molecule has 1 rings (SSSR count). The van der Waals surface area contributed by atoms with Gasteiger partial charge in [0.1, 0.15) is 16.9 Å². The molecule has 27 heavy (non-hydrogen) atoms. The van der Waals surface area contributed by atoms with E-state index in [-0.39, 0.29) is 11.5 Å². The molecule has 1 atom stereocenters. The van der Waals surface area contributed by atoms with Gasteiger partial charge in [0.25, 0.3) is 5.91 Å². The Morgan fingerprint density at radius 3 is 2.33 bits per heavy atom. The Morgan fingerprint density at radius 1 is 1.15 bits per heavy atom. The fourth-order valence-corrected chi connectivity index (χ4v) is 2.84. The molecule has 0 aliphatic heterocycles. The van der Waals surface area contributed by atoms with Crippen molar-refractivity contribution >= 4 is 17.6 Å². The number of anilines is 1. The highest BCUT2D eigenvalue weighted by atomic mass is 16.5. The van der Waals surface area contributed by atoms with Crippen LogP contribution in [0.5, 0.6) is 5.75 Å². The minimum absolute atomic E-state index is 0.246. The molecule has 0 saturated carbocycles. The molecule has 0 fully saturated rings. The lowest BCUT2D eigenvalue weighted by molar-refractivity contribution is -0.140. The summed E-state index contributed by atoms with van der Waals surface area (Å²) >= 11 is 0. The zero-order valence-corrected chi connectivity index (χ0v) is 17.5. The Balaban J connectivity index is 3.08. The number of amides is 1. The standard InChI is InChI=1S/C21H33NO5/c1-8-27-21(6,12-14(2)3)20(24)22-16-9-10-18(26-13-15(4)5)17(11-16)19(23)25-7/h9-11,14-15H,8,12-13H2,1-7H3,(H,22,24)/t21-/m0/s1. The van der Waals surface area contributed by atoms with Gasteiger partial charge in [0.05, 0.1) is 13.7 Å². The molecular weight excluding hydrogens is 346 g/mol. The third kappa shape index (κ3) is 6.86. The van der Waals surface area contributed by atoms with Gasteiger partial charge in [0.2, 0.25) is 0 Å². The van der Waals surface area contributed by atoms with E-state index in [4.69, 9.17) is 14.2 Å². The minimum atomic E-state index is -0.943. The topological polar surface area (TPSA) is 73.9 Å². The van der Waals surface area contributed by atoms with Crippen molar-refractivity contribution in [3.63, 3.8) is 0 Å². The molecule has 6 nitrogen and oxygen atoms in total. The molecule has 1 N–H and O–H groups in total. The zero-order chi connectivity index (χ0) is 20.6. The lowest BCUT2D eigenvalue weighted by Crippen LogP contribution is -2.44. The van der Waals surface area contributed by atoms with Crippen molar-refractivity contribution in [3.05, 3.63) is 23.8 Å². The van der Waals surface area contributed by atoms with E-state index in [1.54, 1.807) is 25.1 Å². The van der Waals surface area contributed by atoms with Crippen molar-refractivity contribution in [3.8, 4) is 5.75 Å². The van der Waals surface area contributed by atoms with E-state index in [1.807, 2.05) is 34.6 Å². The molecule has 0 aliphatic carbocycles. The second kappa shape index (κ2) is 10.3. The van der Waals surface area contributed by atoms with Crippen LogP contribution < -0.4 is 10.1 Å². The van der Waals surface area contributed by atoms with Crippen LogP contribution >= 0.6 is 0 Å². The van der Waals surface area contributed by atoms with E-state index >= 15 is 0 Å². The van der Waals surface area contributed by atoms with E-state index in [0.717, 1.165) is 0 Å². The van der Waals surface area contributed by atoms with Gasteiger partial charge in [-0.1, -0.05) is 27.7 Å². The molecular formula is C21H33NO5. The Kier molecular flexibility index (Phi) is 8.76. The number of esters is 1. The van der Waals surface area contributed by atoms with Crippen LogP contribution in [0.15, 0.2) is 18.2 Å². The highest BCUT2D eigenvalue weighted by Crippen LogP contribution is 2.27. The van der Waals surface area contributed by atoms with Crippen LogP contribution in [0.4, 0.5) is 5.69 Å². The Bertz CT molecular complexity index is 641. The minimum Gasteiger partial charge on any atom is -0.492 e. The van der Waals surface area contributed by atoms with Crippen molar-refractivity contribution in [1.82, 2.24) is 0 Å². The molecule has 1 aromatic rings. The van der Waals surface area contributed by atoms with E-state index in [9.17, 15) is 9.59 Å². The van der Waals surface area contributed by atoms with Gasteiger partial charge in [-0.3, -0.25) is 4.79 Å². The summed E-state index contributed by atoms with van der Waals surface area (Å²) < 4.78 is 16.3. The summed E-state index contributed by atoms with van der Waals surface area (Å²) in [6, 6.07) is 4.95. The second-order valence-electron chi connectivity index (χ2n) is 7.62. The van der Waals surface area contributed by atoms with Crippen LogP contribution in [0, 0.1) is 11.8 Å². The summed E-state index contributed by atoms with van der Waals surface area (Å²) in [4.78, 5) is 24.9. The van der Waals surface area contributed by atoms with Crippen LogP contribution in [0.25, 0.3) is 0 Å². The fraction of sp³-hybridized carbons (Fsp3) is 0.619. The average Bonchev–Trinajstić information content (AvgIpc) is 2.59. The number of carbonyl (C=O) groups excluding carboxylic acids is 2. The monoisotopic (exact) mass is 379 g/mol. The number of hydrogen-bond donors (Lipinski definition) is 1. The van der Waals surface area contributed by atoms with Gasteiger partial charge in [-0.2, -0.15) is 0 Å². The first-order valence-electron chi connectivity index (χ1n) is 9.43. The highest BCUT2D eigenvalue weighted by molar-refractivity contribution is 5.99. The van der Waals surface area contributed by atoms with Crippen LogP contribution in [-0.2, 0) is 14.3 Å². The van der Waals surface area contributed by atoms with E-state index < -0.39 is 11.6 Å². The lowest BCUT2D eigenvalue weighted by Gasteiger charge is -2.30. The van der Waals surface area contributed by atoms with Gasteiger partial charge >= 0.3 is 5.97 Å². The van der Waals surface area contributed by atoms with Crippen LogP contribution in [0.1, 0.15) is 58.3 Å². The van der Waals surface area contributed by atoms with Gasteiger partial charge in [-0.25, -0.2) is 4.79 Å². The summed E-state index contributed by atoms with van der Waals surface area (Å²) in [6.07, 6.45) is 0.589. The summed E-state index contributed by atoms with van der Waals surface area (Å²) in [5.74, 6) is 0.287. The summed E-state index contributed by atoms with van der Waals surface area (Å²) in [5, 5.41) is 2.86. The maximum atomic E-state index is 12.8. The van der Waals surface area contributed by atoms with Crippen molar-refractivity contribution in [1.29, 1.82) is 0 Å². The van der Waals surface area contributed by atoms with E-state index in [1.165, 1.54) is 7.11 Å². The molecule has 0 bridgehead atoms. The molecule has 1 aromatic carbocycles. The molecule has 0 unspecified atom stereocenters. The SMILES string of the molecule is CCO[C@@](C)(CC(C)C)C(=O)Nc1ccc(OCC(C)C)c(C(=O)OC)c1. The average molecular weight is 379 g/mol. The highest BCUT2D eigenvalue weighted by Gasteiger charge is 2.34. The smallest absolute Gasteiger partial charge is 0.341 e. The van der Waals surface area contributed by atoms with Gasteiger partial charge in [-0.15, -0.1) is 0 Å². The number of carbonyl (C=O) groups is 2. The van der Waals surface area contributed by atoms with Crippen LogP contribution in [-0.4, -0.2) is 37.8 Å². The van der Waals surface area contributed by atoms with Crippen molar-refractivity contribution < 1.29 is 23.8 Å². The number of methoxy groups -OCH3 is 1. The van der Waals surface area contributed by atoms with E-state index in [2.05, 4.69) is 5.32 Å². The molecule has 0 aromatic heterocycles. The molecule has 0 aliphatic rings. The van der Waals surface area contributed by atoms with E-state index in [0.29, 0.717) is 42.9 Å². The maximum Gasteiger partial charge on any atom is 0.341 e. The number of nitrogens with one attached hydrogen (secondary N) is 1. The largest absolute Gasteiger partial charge is 0.492 e. The molecule has 0 heterocycles. The molecule has 1 amide bonds. The first-order chi connectivity index (χ1) is 12.6. The summed E-state index contributed by atoms with van der Waals surface area (Å²) in [7, 11) is 1.31. The zero-order valence-electron chi connectivity index (χ0n) is 17.5. The quantitative estimate of drug-likeness (QED) is 0.614. The molecule has 152 valence electrons. The fourth-order valence-electron chi connectivity index (χ4n) is 2.84. The predicted molar refractivity (Wildman–Crippen MR) is 106 cm³/mol. The second-order valence-corrected chi connectivity index (χ2v) is 7.62. The molecule has 6 heteroatoms. The number of rotatable bonds is 10. The van der Waals surface area contributed by atoms with Crippen LogP contribution in [0.3, 0.4) is 0 Å². The number of hydrogen-bond acceptors (Lipinski definition) is 5. The van der Waals surface area contributed by atoms with Gasteiger partial charge < -0.3 is 19.5 Å². The first-order valence-corrected chi connectivity index (χ1v) is 9.43. The predicted octanol–water partition coefficient (Wildman–Crippen LogP) is 4.29. The first kappa shape index (κ1) is 23.0. The summed E-state index contributed by atoms with van der Waals surface area (Å²) in [5.41, 5.74) is -0.175. The van der Waals surface area contributed by atoms with Gasteiger partial charge in [0.15, 0.2) is 0 Å². The Hall–Kier alpha value is -2.08. The normalized spacial score (nSPS) is 13.4. The third-order valence-corrected chi connectivity index (χ3v) is 3.96. The Morgan fingerprint density at radius 2 is 1.81 bits per heavy atom. The van der Waals surface area contributed by atoms with Crippen LogP contribution in [0.2, 0.25) is 0 Å². The maximum absolute atomic E-state index is 12.8. The van der Waals surface area contributed by atoms with Crippen molar-refractivity contribution in [2.45, 2.75) is 53.6 Å². The molecule has 0 saturated heterocycles. The molecule has 0 spiro atoms. The third-order valence-electron chi connectivity index (χ3n) is 3.96. The van der Waals surface area contributed by atoms with Crippen molar-refractivity contribution in [2.75, 3.05) is 25.6 Å². The van der Waals surface area contributed by atoms with Gasteiger partial charge in [-0.05, 0) is 50.3 Å². The molecule has 0 radical (unpaired) electrons. The number of benzene rings is 1. The summed E-state index contributed by atoms with van der Waals surface area (Å²) in [6.45, 7) is 12.7. The van der Waals surface area contributed by atoms with Crippen molar-refractivity contribution in [2.24, 2.45) is 11.8 Å². The number of ether oxygens (including phenoxy) is 3. The lowest BCUT2D eigenvalue weighted by atomic mass is 9.93. The Labute approximate surface area is 162 Å².